The van der Waals surface area contributed by atoms with Gasteiger partial charge in [0.2, 0.25) is 0 Å². The summed E-state index contributed by atoms with van der Waals surface area (Å²) in [6.45, 7) is 1.89. The summed E-state index contributed by atoms with van der Waals surface area (Å²) in [7, 11) is 1.51. The fraction of sp³-hybridized carbons (Fsp3) is 0.250. The summed E-state index contributed by atoms with van der Waals surface area (Å²) in [5, 5.41) is 0. The van der Waals surface area contributed by atoms with E-state index < -0.39 is 17.8 Å². The van der Waals surface area contributed by atoms with Crippen LogP contribution in [0.4, 0.5) is 13.2 Å². The molecule has 0 saturated carbocycles. The number of halogens is 3. The van der Waals surface area contributed by atoms with E-state index >= 15 is 0 Å². The summed E-state index contributed by atoms with van der Waals surface area (Å²) in [6.07, 6.45) is -4.38. The molecular weight excluding hydrogens is 279 g/mol. The first-order chi connectivity index (χ1) is 9.82. The standard InChI is InChI=1S/C16H16F3NO/c1-10-6-7-14(21-2)13(8-10)15(20)11-4-3-5-12(9-11)16(17,18)19/h3-9,15H,20H2,1-2H3. The van der Waals surface area contributed by atoms with Crippen molar-refractivity contribution in [2.75, 3.05) is 7.11 Å². The zero-order valence-corrected chi connectivity index (χ0v) is 11.7. The van der Waals surface area contributed by atoms with E-state index in [0.717, 1.165) is 17.7 Å². The molecule has 1 unspecified atom stereocenters. The van der Waals surface area contributed by atoms with E-state index in [2.05, 4.69) is 0 Å². The first-order valence-electron chi connectivity index (χ1n) is 6.40. The minimum absolute atomic E-state index is 0.397. The topological polar surface area (TPSA) is 35.2 Å². The largest absolute Gasteiger partial charge is 0.496 e. The SMILES string of the molecule is COc1ccc(C)cc1C(N)c1cccc(C(F)(F)F)c1. The first kappa shape index (κ1) is 15.4. The van der Waals surface area contributed by atoms with Gasteiger partial charge in [-0.05, 0) is 30.7 Å². The molecule has 0 spiro atoms. The van der Waals surface area contributed by atoms with Crippen molar-refractivity contribution >= 4 is 0 Å². The van der Waals surface area contributed by atoms with Gasteiger partial charge in [0.25, 0.3) is 0 Å². The second-order valence-corrected chi connectivity index (χ2v) is 4.85. The molecule has 1 atom stereocenters. The predicted molar refractivity (Wildman–Crippen MR) is 75.2 cm³/mol. The van der Waals surface area contributed by atoms with Crippen molar-refractivity contribution < 1.29 is 17.9 Å². The number of aryl methyl sites for hydroxylation is 1. The minimum Gasteiger partial charge on any atom is -0.496 e. The summed E-state index contributed by atoms with van der Waals surface area (Å²) in [6, 6.07) is 9.82. The second kappa shape index (κ2) is 5.77. The molecule has 2 aromatic rings. The molecule has 0 aromatic heterocycles. The van der Waals surface area contributed by atoms with Crippen LogP contribution >= 0.6 is 0 Å². The molecule has 0 fully saturated rings. The third kappa shape index (κ3) is 3.36. The highest BCUT2D eigenvalue weighted by Crippen LogP contribution is 2.33. The summed E-state index contributed by atoms with van der Waals surface area (Å²) >= 11 is 0. The van der Waals surface area contributed by atoms with E-state index in [1.54, 1.807) is 12.1 Å². The van der Waals surface area contributed by atoms with Crippen molar-refractivity contribution in [2.45, 2.75) is 19.1 Å². The molecule has 0 aliphatic rings. The zero-order chi connectivity index (χ0) is 15.6. The fourth-order valence-corrected chi connectivity index (χ4v) is 2.18. The van der Waals surface area contributed by atoms with Gasteiger partial charge in [0, 0.05) is 5.56 Å². The van der Waals surface area contributed by atoms with Crippen molar-refractivity contribution in [1.82, 2.24) is 0 Å². The summed E-state index contributed by atoms with van der Waals surface area (Å²) in [4.78, 5) is 0. The number of alkyl halides is 3. The molecule has 0 heterocycles. The lowest BCUT2D eigenvalue weighted by atomic mass is 9.96. The molecule has 2 rings (SSSR count). The average molecular weight is 295 g/mol. The van der Waals surface area contributed by atoms with Gasteiger partial charge in [0.05, 0.1) is 18.7 Å². The highest BCUT2D eigenvalue weighted by Gasteiger charge is 2.31. The molecule has 112 valence electrons. The summed E-state index contributed by atoms with van der Waals surface area (Å²) in [5.74, 6) is 0.561. The van der Waals surface area contributed by atoms with Crippen LogP contribution in [0, 0.1) is 6.92 Å². The second-order valence-electron chi connectivity index (χ2n) is 4.85. The van der Waals surface area contributed by atoms with Crippen LogP contribution in [-0.2, 0) is 6.18 Å². The van der Waals surface area contributed by atoms with Crippen LogP contribution < -0.4 is 10.5 Å². The first-order valence-corrected chi connectivity index (χ1v) is 6.40. The van der Waals surface area contributed by atoms with E-state index in [9.17, 15) is 13.2 Å². The normalized spacial score (nSPS) is 13.0. The van der Waals surface area contributed by atoms with Gasteiger partial charge in [0.1, 0.15) is 5.75 Å². The Balaban J connectivity index is 2.45. The summed E-state index contributed by atoms with van der Waals surface area (Å²) in [5.41, 5.74) is 7.45. The number of ether oxygens (including phenoxy) is 1. The quantitative estimate of drug-likeness (QED) is 0.926. The maximum absolute atomic E-state index is 12.8. The maximum Gasteiger partial charge on any atom is 0.416 e. The Bertz CT molecular complexity index is 638. The lowest BCUT2D eigenvalue weighted by Gasteiger charge is -2.18. The molecule has 0 bridgehead atoms. The molecule has 0 aliphatic carbocycles. The van der Waals surface area contributed by atoms with Gasteiger partial charge in [-0.15, -0.1) is 0 Å². The van der Waals surface area contributed by atoms with Gasteiger partial charge in [-0.3, -0.25) is 0 Å². The molecule has 2 N–H and O–H groups in total. The highest BCUT2D eigenvalue weighted by molar-refractivity contribution is 5.44. The van der Waals surface area contributed by atoms with E-state index in [0.29, 0.717) is 16.9 Å². The Morgan fingerprint density at radius 3 is 2.43 bits per heavy atom. The van der Waals surface area contributed by atoms with Crippen molar-refractivity contribution in [3.05, 3.63) is 64.7 Å². The van der Waals surface area contributed by atoms with E-state index in [-0.39, 0.29) is 0 Å². The molecule has 0 aliphatic heterocycles. The molecule has 0 amide bonds. The highest BCUT2D eigenvalue weighted by atomic mass is 19.4. The van der Waals surface area contributed by atoms with Crippen molar-refractivity contribution in [3.8, 4) is 5.75 Å². The molecule has 2 aromatic carbocycles. The monoisotopic (exact) mass is 295 g/mol. The Hall–Kier alpha value is -2.01. The maximum atomic E-state index is 12.8. The Labute approximate surface area is 121 Å². The zero-order valence-electron chi connectivity index (χ0n) is 11.7. The minimum atomic E-state index is -4.38. The van der Waals surface area contributed by atoms with E-state index in [1.165, 1.54) is 13.2 Å². The number of hydrogen-bond acceptors (Lipinski definition) is 2. The van der Waals surface area contributed by atoms with Crippen LogP contribution in [0.15, 0.2) is 42.5 Å². The van der Waals surface area contributed by atoms with Gasteiger partial charge in [-0.2, -0.15) is 13.2 Å². The van der Waals surface area contributed by atoms with Crippen LogP contribution in [0.2, 0.25) is 0 Å². The number of nitrogens with two attached hydrogens (primary N) is 1. The Morgan fingerprint density at radius 1 is 1.10 bits per heavy atom. The lowest BCUT2D eigenvalue weighted by Crippen LogP contribution is -2.15. The van der Waals surface area contributed by atoms with Crippen LogP contribution in [0.1, 0.15) is 28.3 Å². The number of methoxy groups -OCH3 is 1. The Morgan fingerprint density at radius 2 is 1.81 bits per heavy atom. The fourth-order valence-electron chi connectivity index (χ4n) is 2.18. The van der Waals surface area contributed by atoms with Crippen LogP contribution in [0.25, 0.3) is 0 Å². The van der Waals surface area contributed by atoms with Crippen LogP contribution in [-0.4, -0.2) is 7.11 Å². The number of rotatable bonds is 3. The van der Waals surface area contributed by atoms with Crippen molar-refractivity contribution in [1.29, 1.82) is 0 Å². The van der Waals surface area contributed by atoms with E-state index in [4.69, 9.17) is 10.5 Å². The molecule has 5 heteroatoms. The van der Waals surface area contributed by atoms with Gasteiger partial charge in [0.15, 0.2) is 0 Å². The van der Waals surface area contributed by atoms with Crippen LogP contribution in [0.5, 0.6) is 5.75 Å². The molecular formula is C16H16F3NO. The third-order valence-corrected chi connectivity index (χ3v) is 3.29. The van der Waals surface area contributed by atoms with Gasteiger partial charge < -0.3 is 10.5 Å². The molecule has 0 radical (unpaired) electrons. The van der Waals surface area contributed by atoms with Crippen molar-refractivity contribution in [3.63, 3.8) is 0 Å². The molecule has 21 heavy (non-hydrogen) atoms. The Kier molecular flexibility index (Phi) is 4.23. The van der Waals surface area contributed by atoms with Gasteiger partial charge in [-0.25, -0.2) is 0 Å². The predicted octanol–water partition coefficient (Wildman–Crippen LogP) is 4.07. The smallest absolute Gasteiger partial charge is 0.416 e. The number of hydrogen-bond donors (Lipinski definition) is 1. The van der Waals surface area contributed by atoms with Gasteiger partial charge >= 0.3 is 6.18 Å². The average Bonchev–Trinajstić information content (AvgIpc) is 2.45. The third-order valence-electron chi connectivity index (χ3n) is 3.29. The van der Waals surface area contributed by atoms with Crippen molar-refractivity contribution in [2.24, 2.45) is 5.73 Å². The van der Waals surface area contributed by atoms with Gasteiger partial charge in [-0.1, -0.05) is 29.8 Å². The summed E-state index contributed by atoms with van der Waals surface area (Å²) < 4.78 is 43.6. The van der Waals surface area contributed by atoms with E-state index in [1.807, 2.05) is 19.1 Å². The number of benzene rings is 2. The molecule has 0 saturated heterocycles. The van der Waals surface area contributed by atoms with Crippen LogP contribution in [0.3, 0.4) is 0 Å². The lowest BCUT2D eigenvalue weighted by molar-refractivity contribution is -0.137. The molecule has 2 nitrogen and oxygen atoms in total.